The number of amides is 3. The Bertz CT molecular complexity index is 2420. The number of benzene rings is 4. The highest BCUT2D eigenvalue weighted by molar-refractivity contribution is 6.76. The number of rotatable bonds is 11. The SMILES string of the molecule is CC(C)Oc1cccc(CN2CC[C@@](C#N)(Cc3cccc(F)c3)C[C@@H]2C)c1.CC(C)Oc1cccc(CN2CC[C@@]3(C[C@@H]2C)C(=N)NC(=O)N3c2cccc(F)c2)c1.O=NC(=O)C(Cl)(Cl)Cl. The molecule has 4 atom stereocenters. The first-order chi connectivity index (χ1) is 31.6. The van der Waals surface area contributed by atoms with Crippen LogP contribution in [0.25, 0.3) is 0 Å². The molecule has 0 aromatic heterocycles. The maximum absolute atomic E-state index is 13.9. The van der Waals surface area contributed by atoms with Gasteiger partial charge in [0, 0.05) is 49.1 Å². The highest BCUT2D eigenvalue weighted by Crippen LogP contribution is 2.41. The minimum absolute atomic E-state index is 0.122. The molecule has 4 aromatic rings. The van der Waals surface area contributed by atoms with Crippen LogP contribution >= 0.6 is 34.8 Å². The number of carbonyl (C=O) groups is 2. The summed E-state index contributed by atoms with van der Waals surface area (Å²) in [6.07, 6.45) is 3.68. The van der Waals surface area contributed by atoms with Gasteiger partial charge in [-0.2, -0.15) is 5.26 Å². The summed E-state index contributed by atoms with van der Waals surface area (Å²) in [6, 6.07) is 31.7. The number of hydrogen-bond acceptors (Lipinski definition) is 9. The highest BCUT2D eigenvalue weighted by atomic mass is 35.6. The first-order valence-electron chi connectivity index (χ1n) is 22.2. The second-order valence-electron chi connectivity index (χ2n) is 17.9. The van der Waals surface area contributed by atoms with Gasteiger partial charge in [-0.15, -0.1) is 4.91 Å². The minimum Gasteiger partial charge on any atom is -0.491 e. The topological polar surface area (TPSA) is 151 Å². The van der Waals surface area contributed by atoms with E-state index in [0.29, 0.717) is 24.9 Å². The van der Waals surface area contributed by atoms with Gasteiger partial charge in [0.1, 0.15) is 34.5 Å². The van der Waals surface area contributed by atoms with E-state index in [-0.39, 0.29) is 42.0 Å². The lowest BCUT2D eigenvalue weighted by Gasteiger charge is -2.46. The highest BCUT2D eigenvalue weighted by Gasteiger charge is 2.54. The molecule has 3 aliphatic heterocycles. The van der Waals surface area contributed by atoms with E-state index < -0.39 is 26.5 Å². The van der Waals surface area contributed by atoms with Crippen molar-refractivity contribution in [1.29, 1.82) is 10.7 Å². The normalized spacial score (nSPS) is 22.0. The summed E-state index contributed by atoms with van der Waals surface area (Å²) in [7, 11) is 0. The number of halogens is 5. The summed E-state index contributed by atoms with van der Waals surface area (Å²) < 4.78 is 36.8. The summed E-state index contributed by atoms with van der Waals surface area (Å²) >= 11 is 14.6. The van der Waals surface area contributed by atoms with Crippen molar-refractivity contribution >= 4 is 58.3 Å². The van der Waals surface area contributed by atoms with Gasteiger partial charge in [0.05, 0.1) is 23.7 Å². The Labute approximate surface area is 406 Å². The van der Waals surface area contributed by atoms with Crippen LogP contribution in [0.15, 0.2) is 102 Å². The number of alkyl halides is 3. The predicted molar refractivity (Wildman–Crippen MR) is 260 cm³/mol. The van der Waals surface area contributed by atoms with Crippen molar-refractivity contribution in [3.8, 4) is 17.6 Å². The van der Waals surface area contributed by atoms with Gasteiger partial charge < -0.3 is 9.47 Å². The van der Waals surface area contributed by atoms with Crippen LogP contribution in [0.1, 0.15) is 83.9 Å². The quantitative estimate of drug-likeness (QED) is 0.111. The Morgan fingerprint density at radius 3 is 1.79 bits per heavy atom. The molecule has 4 aromatic carbocycles. The number of amidine groups is 1. The molecule has 67 heavy (non-hydrogen) atoms. The molecule has 2 N–H and O–H groups in total. The van der Waals surface area contributed by atoms with E-state index in [2.05, 4.69) is 59.3 Å². The van der Waals surface area contributed by atoms with Crippen molar-refractivity contribution in [3.05, 3.63) is 130 Å². The lowest BCUT2D eigenvalue weighted by molar-refractivity contribution is -0.117. The lowest BCUT2D eigenvalue weighted by atomic mass is 9.72. The number of nitriles is 1. The van der Waals surface area contributed by atoms with Crippen LogP contribution in [0.5, 0.6) is 11.5 Å². The van der Waals surface area contributed by atoms with Gasteiger partial charge in [0.25, 0.3) is 3.79 Å². The minimum atomic E-state index is -2.19. The Kier molecular flexibility index (Phi) is 18.3. The van der Waals surface area contributed by atoms with Gasteiger partial charge in [-0.25, -0.2) is 13.6 Å². The molecule has 3 saturated heterocycles. The van der Waals surface area contributed by atoms with Crippen LogP contribution in [-0.2, 0) is 24.3 Å². The van der Waals surface area contributed by atoms with Gasteiger partial charge >= 0.3 is 11.9 Å². The van der Waals surface area contributed by atoms with Gasteiger partial charge in [-0.05, 0) is 145 Å². The number of nitrogens with one attached hydrogen (secondary N) is 2. The van der Waals surface area contributed by atoms with Gasteiger partial charge in [0.15, 0.2) is 0 Å². The van der Waals surface area contributed by atoms with E-state index in [1.54, 1.807) is 29.2 Å². The number of hydrogen-bond donors (Lipinski definition) is 2. The zero-order chi connectivity index (χ0) is 49.1. The van der Waals surface area contributed by atoms with Gasteiger partial charge in [-0.3, -0.25) is 30.2 Å². The lowest BCUT2D eigenvalue weighted by Crippen LogP contribution is -2.59. The van der Waals surface area contributed by atoms with Gasteiger partial charge in [0.2, 0.25) is 0 Å². The first kappa shape index (κ1) is 52.8. The van der Waals surface area contributed by atoms with Crippen molar-refractivity contribution in [2.75, 3.05) is 18.0 Å². The van der Waals surface area contributed by atoms with Crippen LogP contribution in [0.2, 0.25) is 0 Å². The number of carbonyl (C=O) groups excluding carboxylic acids is 2. The van der Waals surface area contributed by atoms with E-state index in [9.17, 15) is 28.5 Å². The molecule has 0 saturated carbocycles. The van der Waals surface area contributed by atoms with Gasteiger partial charge in [-0.1, -0.05) is 77.3 Å². The molecule has 0 aliphatic carbocycles. The molecule has 17 heteroatoms. The number of nitroso groups, excluding NO2 is 1. The van der Waals surface area contributed by atoms with E-state index in [1.165, 1.54) is 29.3 Å². The van der Waals surface area contributed by atoms with E-state index in [4.69, 9.17) is 49.7 Å². The monoisotopic (exact) mass is 979 g/mol. The molecule has 3 amide bonds. The molecule has 1 spiro atoms. The molecule has 3 aliphatic rings. The molecule has 3 heterocycles. The molecular formula is C50H58Cl3F2N7O5. The van der Waals surface area contributed by atoms with Crippen molar-refractivity contribution in [2.24, 2.45) is 10.6 Å². The van der Waals surface area contributed by atoms with Crippen LogP contribution in [0.4, 0.5) is 19.3 Å². The van der Waals surface area contributed by atoms with E-state index >= 15 is 0 Å². The zero-order valence-electron chi connectivity index (χ0n) is 38.6. The fraction of sp³-hybridized carbons (Fsp3) is 0.440. The number of ether oxygens (including phenoxy) is 2. The number of piperidine rings is 2. The number of urea groups is 1. The Balaban J connectivity index is 0.000000217. The molecule has 0 unspecified atom stereocenters. The number of anilines is 1. The Morgan fingerprint density at radius 1 is 0.821 bits per heavy atom. The fourth-order valence-corrected chi connectivity index (χ4v) is 9.05. The zero-order valence-corrected chi connectivity index (χ0v) is 40.8. The standard InChI is InChI=1S/C24H29FN4O2.C24H29FN2O.C2Cl3NO2/c1-16(2)31-21-9-4-6-18(12-21)15-28-11-10-24(14-17(28)3)22(26)27-23(30)29(24)20-8-5-7-19(25)13-20;1-18(2)28-23-9-5-7-21(13-23)16-27-11-10-24(17-26,14-19(27)3)15-20-6-4-8-22(25)12-20;3-2(4,5)1(7)6-8/h4-9,12-13,16-17H,10-11,14-15H2,1-3H3,(H2,26,27,30);4-9,12-13,18-19H,10-11,14-16H2,1-3H3;/t17-,24+;19-,24-;/m00./s1. The second-order valence-corrected chi connectivity index (χ2v) is 20.2. The average Bonchev–Trinajstić information content (AvgIpc) is 3.49. The smallest absolute Gasteiger partial charge is 0.337 e. The Morgan fingerprint density at radius 2 is 1.33 bits per heavy atom. The fourth-order valence-electron chi connectivity index (χ4n) is 8.95. The largest absolute Gasteiger partial charge is 0.491 e. The predicted octanol–water partition coefficient (Wildman–Crippen LogP) is 11.5. The van der Waals surface area contributed by atoms with Crippen molar-refractivity contribution in [2.45, 2.75) is 120 Å². The molecule has 3 fully saturated rings. The molecule has 358 valence electrons. The van der Waals surface area contributed by atoms with Crippen molar-refractivity contribution < 1.29 is 27.8 Å². The third kappa shape index (κ3) is 14.4. The molecule has 7 rings (SSSR count). The number of nitrogens with zero attached hydrogens (tertiary/aromatic N) is 5. The van der Waals surface area contributed by atoms with Crippen LogP contribution in [0.3, 0.4) is 0 Å². The summed E-state index contributed by atoms with van der Waals surface area (Å²) in [4.78, 5) is 38.3. The average molecular weight is 981 g/mol. The Hall–Kier alpha value is -5.17. The first-order valence-corrected chi connectivity index (χ1v) is 23.3. The number of likely N-dealkylation sites (tertiary alicyclic amines) is 2. The van der Waals surface area contributed by atoms with Crippen LogP contribution in [-0.4, -0.2) is 74.3 Å². The third-order valence-electron chi connectivity index (χ3n) is 12.0. The second kappa shape index (κ2) is 23.2. The van der Waals surface area contributed by atoms with Crippen molar-refractivity contribution in [1.82, 2.24) is 15.1 Å². The molecule has 0 radical (unpaired) electrons. The van der Waals surface area contributed by atoms with Crippen LogP contribution in [0, 0.1) is 38.7 Å². The third-order valence-corrected chi connectivity index (χ3v) is 12.4. The van der Waals surface area contributed by atoms with E-state index in [0.717, 1.165) is 56.1 Å². The maximum Gasteiger partial charge on any atom is 0.337 e. The molecular weight excluding hydrogens is 923 g/mol. The maximum atomic E-state index is 13.9. The molecule has 12 nitrogen and oxygen atoms in total. The summed E-state index contributed by atoms with van der Waals surface area (Å²) in [5, 5.41) is 23.0. The molecule has 0 bridgehead atoms. The van der Waals surface area contributed by atoms with E-state index in [1.807, 2.05) is 63.2 Å². The van der Waals surface area contributed by atoms with Crippen molar-refractivity contribution in [3.63, 3.8) is 0 Å². The summed E-state index contributed by atoms with van der Waals surface area (Å²) in [5.41, 5.74) is 2.58. The van der Waals surface area contributed by atoms with Crippen LogP contribution < -0.4 is 19.7 Å². The summed E-state index contributed by atoms with van der Waals surface area (Å²) in [6.45, 7) is 15.6. The summed E-state index contributed by atoms with van der Waals surface area (Å²) in [5.74, 6) is 0.0171.